The molecule has 0 bridgehead atoms. The molecule has 2 N–H and O–H groups in total. The summed E-state index contributed by atoms with van der Waals surface area (Å²) in [6.07, 6.45) is 3.16. The summed E-state index contributed by atoms with van der Waals surface area (Å²) in [5, 5.41) is 3.99. The number of hydrogen-bond acceptors (Lipinski definition) is 5. The SMILES string of the molecule is C=C(CNC)CSc1ncnc2nc[nH]c12. The lowest BCUT2D eigenvalue weighted by atomic mass is 10.3. The normalized spacial score (nSPS) is 10.8. The van der Waals surface area contributed by atoms with Crippen molar-refractivity contribution in [3.8, 4) is 0 Å². The van der Waals surface area contributed by atoms with Gasteiger partial charge in [0.15, 0.2) is 5.65 Å². The molecule has 0 amide bonds. The average molecular weight is 235 g/mol. The highest BCUT2D eigenvalue weighted by Gasteiger charge is 2.06. The lowest BCUT2D eigenvalue weighted by Gasteiger charge is -2.04. The van der Waals surface area contributed by atoms with Crippen LogP contribution in [0.2, 0.25) is 0 Å². The Hall–Kier alpha value is -1.40. The van der Waals surface area contributed by atoms with Crippen molar-refractivity contribution in [2.45, 2.75) is 5.03 Å². The number of aromatic nitrogens is 4. The second-order valence-electron chi connectivity index (χ2n) is 3.35. The number of hydrogen-bond donors (Lipinski definition) is 2. The van der Waals surface area contributed by atoms with Crippen molar-refractivity contribution in [2.75, 3.05) is 19.3 Å². The van der Waals surface area contributed by atoms with Crippen LogP contribution in [0.15, 0.2) is 29.8 Å². The first-order valence-corrected chi connectivity index (χ1v) is 5.88. The molecule has 2 aromatic heterocycles. The Morgan fingerprint density at radius 2 is 2.38 bits per heavy atom. The molecule has 2 rings (SSSR count). The minimum atomic E-state index is 0.705. The fourth-order valence-corrected chi connectivity index (χ4v) is 2.18. The molecule has 84 valence electrons. The van der Waals surface area contributed by atoms with E-state index in [0.717, 1.165) is 28.4 Å². The molecule has 5 nitrogen and oxygen atoms in total. The summed E-state index contributed by atoms with van der Waals surface area (Å²) in [5.74, 6) is 0.839. The van der Waals surface area contributed by atoms with Gasteiger partial charge in [-0.3, -0.25) is 0 Å². The van der Waals surface area contributed by atoms with Crippen molar-refractivity contribution in [2.24, 2.45) is 0 Å². The zero-order chi connectivity index (χ0) is 11.4. The zero-order valence-electron chi connectivity index (χ0n) is 9.03. The maximum absolute atomic E-state index is 4.23. The van der Waals surface area contributed by atoms with Crippen LogP contribution < -0.4 is 5.32 Å². The third kappa shape index (κ3) is 2.40. The van der Waals surface area contributed by atoms with Gasteiger partial charge in [0.05, 0.1) is 6.33 Å². The number of rotatable bonds is 5. The van der Waals surface area contributed by atoms with Crippen molar-refractivity contribution in [1.29, 1.82) is 0 Å². The molecule has 0 aliphatic rings. The standard InChI is InChI=1S/C10H13N5S/c1-7(3-11-2)4-16-10-8-9(13-5-12-8)14-6-15-10/h5-6,11H,1,3-4H2,2H3,(H,12,13,14,15). The number of nitrogens with one attached hydrogen (secondary N) is 2. The molecule has 0 spiro atoms. The van der Waals surface area contributed by atoms with E-state index in [4.69, 9.17) is 0 Å². The van der Waals surface area contributed by atoms with Crippen LogP contribution in [0.1, 0.15) is 0 Å². The van der Waals surface area contributed by atoms with Gasteiger partial charge in [0.25, 0.3) is 0 Å². The van der Waals surface area contributed by atoms with E-state index in [2.05, 4.69) is 31.8 Å². The third-order valence-corrected chi connectivity index (χ3v) is 3.16. The molecule has 0 aromatic carbocycles. The van der Waals surface area contributed by atoms with Gasteiger partial charge < -0.3 is 10.3 Å². The van der Waals surface area contributed by atoms with Gasteiger partial charge >= 0.3 is 0 Å². The number of nitrogens with zero attached hydrogens (tertiary/aromatic N) is 3. The van der Waals surface area contributed by atoms with Gasteiger partial charge in [-0.1, -0.05) is 23.9 Å². The number of imidazole rings is 1. The van der Waals surface area contributed by atoms with Gasteiger partial charge in [0.1, 0.15) is 16.9 Å². The summed E-state index contributed by atoms with van der Waals surface area (Å²) in [4.78, 5) is 15.4. The summed E-state index contributed by atoms with van der Waals surface area (Å²) in [6, 6.07) is 0. The molecule has 0 unspecified atom stereocenters. The predicted octanol–water partition coefficient (Wildman–Crippen LogP) is 1.22. The molecule has 2 heterocycles. The summed E-state index contributed by atoms with van der Waals surface area (Å²) < 4.78 is 0. The second kappa shape index (κ2) is 5.09. The molecule has 0 fully saturated rings. The van der Waals surface area contributed by atoms with E-state index < -0.39 is 0 Å². The summed E-state index contributed by atoms with van der Waals surface area (Å²) in [5.41, 5.74) is 2.74. The van der Waals surface area contributed by atoms with Crippen molar-refractivity contribution in [3.05, 3.63) is 24.8 Å². The second-order valence-corrected chi connectivity index (χ2v) is 4.31. The summed E-state index contributed by atoms with van der Waals surface area (Å²) >= 11 is 1.64. The fraction of sp³-hybridized carbons (Fsp3) is 0.300. The maximum Gasteiger partial charge on any atom is 0.181 e. The zero-order valence-corrected chi connectivity index (χ0v) is 9.84. The van der Waals surface area contributed by atoms with Crippen LogP contribution in [0.4, 0.5) is 0 Å². The summed E-state index contributed by atoms with van der Waals surface area (Å²) in [6.45, 7) is 4.80. The largest absolute Gasteiger partial charge is 0.341 e. The molecule has 0 saturated heterocycles. The van der Waals surface area contributed by atoms with E-state index in [9.17, 15) is 0 Å². The molecule has 0 saturated carbocycles. The molecule has 0 atom stereocenters. The van der Waals surface area contributed by atoms with E-state index in [-0.39, 0.29) is 0 Å². The third-order valence-electron chi connectivity index (χ3n) is 2.03. The van der Waals surface area contributed by atoms with Crippen molar-refractivity contribution >= 4 is 22.9 Å². The minimum absolute atomic E-state index is 0.705. The van der Waals surface area contributed by atoms with Crippen LogP contribution in [-0.4, -0.2) is 39.3 Å². The van der Waals surface area contributed by atoms with Crippen molar-refractivity contribution in [1.82, 2.24) is 25.3 Å². The van der Waals surface area contributed by atoms with E-state index in [1.165, 1.54) is 6.33 Å². The van der Waals surface area contributed by atoms with Gasteiger partial charge in [-0.25, -0.2) is 15.0 Å². The molecule has 2 aromatic rings. The van der Waals surface area contributed by atoms with Crippen LogP contribution >= 0.6 is 11.8 Å². The molecular formula is C10H13N5S. The van der Waals surface area contributed by atoms with Crippen LogP contribution in [0, 0.1) is 0 Å². The van der Waals surface area contributed by atoms with Gasteiger partial charge in [-0.05, 0) is 7.05 Å². The molecular weight excluding hydrogens is 222 g/mol. The first-order chi connectivity index (χ1) is 7.81. The first kappa shape index (κ1) is 11.1. The lowest BCUT2D eigenvalue weighted by Crippen LogP contribution is -2.10. The Morgan fingerprint density at radius 3 is 3.19 bits per heavy atom. The molecule has 0 aliphatic carbocycles. The van der Waals surface area contributed by atoms with Crippen molar-refractivity contribution in [3.63, 3.8) is 0 Å². The Balaban J connectivity index is 2.09. The van der Waals surface area contributed by atoms with Crippen LogP contribution in [0.5, 0.6) is 0 Å². The van der Waals surface area contributed by atoms with Gasteiger partial charge in [-0.2, -0.15) is 0 Å². The molecule has 0 aliphatic heterocycles. The Kier molecular flexibility index (Phi) is 3.53. The summed E-state index contributed by atoms with van der Waals surface area (Å²) in [7, 11) is 1.91. The minimum Gasteiger partial charge on any atom is -0.341 e. The number of likely N-dealkylation sites (N-methyl/N-ethyl adjacent to an activating group) is 1. The van der Waals surface area contributed by atoms with E-state index >= 15 is 0 Å². The fourth-order valence-electron chi connectivity index (χ4n) is 1.32. The Labute approximate surface area is 97.8 Å². The van der Waals surface area contributed by atoms with Crippen LogP contribution in [-0.2, 0) is 0 Å². The molecule has 16 heavy (non-hydrogen) atoms. The number of thioether (sulfide) groups is 1. The highest BCUT2D eigenvalue weighted by atomic mass is 32.2. The predicted molar refractivity (Wildman–Crippen MR) is 65.5 cm³/mol. The van der Waals surface area contributed by atoms with Gasteiger partial charge in [-0.15, -0.1) is 0 Å². The first-order valence-electron chi connectivity index (χ1n) is 4.89. The van der Waals surface area contributed by atoms with Gasteiger partial charge in [0.2, 0.25) is 0 Å². The highest BCUT2D eigenvalue weighted by Crippen LogP contribution is 2.22. The van der Waals surface area contributed by atoms with E-state index in [1.807, 2.05) is 7.05 Å². The number of fused-ring (bicyclic) bond motifs is 1. The average Bonchev–Trinajstić information content (AvgIpc) is 2.75. The Bertz CT molecular complexity index is 493. The van der Waals surface area contributed by atoms with E-state index in [0.29, 0.717) is 5.65 Å². The highest BCUT2D eigenvalue weighted by molar-refractivity contribution is 7.99. The lowest BCUT2D eigenvalue weighted by molar-refractivity contribution is 0.885. The molecule has 6 heteroatoms. The van der Waals surface area contributed by atoms with E-state index in [1.54, 1.807) is 18.1 Å². The number of aromatic amines is 1. The monoisotopic (exact) mass is 235 g/mol. The maximum atomic E-state index is 4.23. The topological polar surface area (TPSA) is 66.5 Å². The Morgan fingerprint density at radius 1 is 1.50 bits per heavy atom. The van der Waals surface area contributed by atoms with Crippen LogP contribution in [0.25, 0.3) is 11.2 Å². The van der Waals surface area contributed by atoms with Gasteiger partial charge in [0, 0.05) is 12.3 Å². The van der Waals surface area contributed by atoms with Crippen LogP contribution in [0.3, 0.4) is 0 Å². The smallest absolute Gasteiger partial charge is 0.181 e. The molecule has 0 radical (unpaired) electrons. The van der Waals surface area contributed by atoms with Crippen molar-refractivity contribution < 1.29 is 0 Å². The number of H-pyrrole nitrogens is 1. The quantitative estimate of drug-likeness (QED) is 0.463.